The molecule has 0 spiro atoms. The number of benzene rings is 1. The van der Waals surface area contributed by atoms with Crippen LogP contribution in [0.4, 0.5) is 0 Å². The summed E-state index contributed by atoms with van der Waals surface area (Å²) in [5.74, 6) is 0.731. The first kappa shape index (κ1) is 13.3. The summed E-state index contributed by atoms with van der Waals surface area (Å²) >= 11 is 0. The molecule has 104 valence electrons. The average Bonchev–Trinajstić information content (AvgIpc) is 2.44. The summed E-state index contributed by atoms with van der Waals surface area (Å²) in [5, 5.41) is 3.70. The Morgan fingerprint density at radius 2 is 1.90 bits per heavy atom. The van der Waals surface area contributed by atoms with Crippen LogP contribution in [0.5, 0.6) is 0 Å². The monoisotopic (exact) mass is 266 g/mol. The summed E-state index contributed by atoms with van der Waals surface area (Å²) in [7, 11) is 0. The van der Waals surface area contributed by atoms with Crippen molar-refractivity contribution in [3.05, 3.63) is 65.5 Å². The molecule has 0 amide bonds. The van der Waals surface area contributed by atoms with E-state index in [1.165, 1.54) is 29.5 Å². The van der Waals surface area contributed by atoms with Crippen molar-refractivity contribution in [2.45, 2.75) is 44.7 Å². The molecule has 1 atom stereocenters. The van der Waals surface area contributed by atoms with E-state index in [0.717, 1.165) is 5.92 Å². The number of nitrogens with zero attached hydrogens (tertiary/aromatic N) is 1. The van der Waals surface area contributed by atoms with E-state index in [1.807, 2.05) is 18.5 Å². The molecule has 1 aliphatic rings. The lowest BCUT2D eigenvalue weighted by molar-refractivity contribution is 0.271. The lowest BCUT2D eigenvalue weighted by atomic mass is 9.75. The van der Waals surface area contributed by atoms with Gasteiger partial charge < -0.3 is 5.32 Å². The number of hydrogen-bond donors (Lipinski definition) is 1. The standard InChI is InChI=1S/C18H22N2/c1-13-5-7-15(8-6-13)17-10-18(11-17)20-14(2)16-4-3-9-19-12-16/h3-9,12,14,17-18,20H,10-11H2,1-2H3/t14-,17?,18?/m0/s1. The minimum atomic E-state index is 0.382. The van der Waals surface area contributed by atoms with Crippen molar-refractivity contribution in [1.82, 2.24) is 10.3 Å². The first-order valence-corrected chi connectivity index (χ1v) is 7.45. The molecule has 0 bridgehead atoms. The highest BCUT2D eigenvalue weighted by molar-refractivity contribution is 5.27. The maximum Gasteiger partial charge on any atom is 0.0315 e. The molecule has 1 saturated carbocycles. The third-order valence-corrected chi connectivity index (χ3v) is 4.36. The van der Waals surface area contributed by atoms with Gasteiger partial charge in [-0.3, -0.25) is 4.98 Å². The van der Waals surface area contributed by atoms with Crippen molar-refractivity contribution in [3.63, 3.8) is 0 Å². The molecule has 2 heteroatoms. The van der Waals surface area contributed by atoms with Gasteiger partial charge in [-0.25, -0.2) is 0 Å². The van der Waals surface area contributed by atoms with Gasteiger partial charge in [0.05, 0.1) is 0 Å². The van der Waals surface area contributed by atoms with Crippen LogP contribution in [0.2, 0.25) is 0 Å². The van der Waals surface area contributed by atoms with E-state index in [-0.39, 0.29) is 0 Å². The molecule has 20 heavy (non-hydrogen) atoms. The fourth-order valence-electron chi connectivity index (χ4n) is 2.95. The molecule has 3 rings (SSSR count). The molecule has 1 heterocycles. The van der Waals surface area contributed by atoms with Gasteiger partial charge in [0.2, 0.25) is 0 Å². The minimum Gasteiger partial charge on any atom is -0.307 e. The zero-order valence-corrected chi connectivity index (χ0v) is 12.2. The first-order chi connectivity index (χ1) is 9.72. The normalized spacial score (nSPS) is 23.1. The van der Waals surface area contributed by atoms with Crippen LogP contribution in [-0.4, -0.2) is 11.0 Å². The number of rotatable bonds is 4. The van der Waals surface area contributed by atoms with Gasteiger partial charge in [0, 0.05) is 24.5 Å². The summed E-state index contributed by atoms with van der Waals surface area (Å²) in [5.41, 5.74) is 4.10. The van der Waals surface area contributed by atoms with E-state index in [1.54, 1.807) is 0 Å². The highest BCUT2D eigenvalue weighted by atomic mass is 15.0. The van der Waals surface area contributed by atoms with Gasteiger partial charge in [-0.15, -0.1) is 0 Å². The quantitative estimate of drug-likeness (QED) is 0.905. The van der Waals surface area contributed by atoms with Crippen LogP contribution in [0, 0.1) is 6.92 Å². The lowest BCUT2D eigenvalue weighted by Crippen LogP contribution is -2.41. The lowest BCUT2D eigenvalue weighted by Gasteiger charge is -2.38. The number of hydrogen-bond acceptors (Lipinski definition) is 2. The molecule has 1 aliphatic carbocycles. The van der Waals surface area contributed by atoms with Crippen LogP contribution in [0.15, 0.2) is 48.8 Å². The van der Waals surface area contributed by atoms with E-state index in [9.17, 15) is 0 Å². The predicted octanol–water partition coefficient (Wildman–Crippen LogP) is 3.99. The molecular formula is C18H22N2. The van der Waals surface area contributed by atoms with E-state index in [2.05, 4.69) is 54.5 Å². The van der Waals surface area contributed by atoms with E-state index < -0.39 is 0 Å². The van der Waals surface area contributed by atoms with Gasteiger partial charge in [0.1, 0.15) is 0 Å². The maximum absolute atomic E-state index is 4.19. The molecule has 0 saturated heterocycles. The van der Waals surface area contributed by atoms with E-state index >= 15 is 0 Å². The fraction of sp³-hybridized carbons (Fsp3) is 0.389. The van der Waals surface area contributed by atoms with Gasteiger partial charge in [0.15, 0.2) is 0 Å². The van der Waals surface area contributed by atoms with Crippen molar-refractivity contribution >= 4 is 0 Å². The SMILES string of the molecule is Cc1ccc(C2CC(N[C@@H](C)c3cccnc3)C2)cc1. The Labute approximate surface area is 121 Å². The van der Waals surface area contributed by atoms with Gasteiger partial charge in [0.25, 0.3) is 0 Å². The molecule has 1 aromatic carbocycles. The van der Waals surface area contributed by atoms with Crippen molar-refractivity contribution < 1.29 is 0 Å². The second-order valence-electron chi connectivity index (χ2n) is 5.95. The number of aryl methyl sites for hydroxylation is 1. The topological polar surface area (TPSA) is 24.9 Å². The Hall–Kier alpha value is -1.67. The molecule has 0 radical (unpaired) electrons. The zero-order valence-electron chi connectivity index (χ0n) is 12.2. The maximum atomic E-state index is 4.19. The van der Waals surface area contributed by atoms with Crippen molar-refractivity contribution in [1.29, 1.82) is 0 Å². The van der Waals surface area contributed by atoms with Crippen molar-refractivity contribution in [2.75, 3.05) is 0 Å². The highest BCUT2D eigenvalue weighted by Crippen LogP contribution is 2.37. The van der Waals surface area contributed by atoms with Crippen molar-refractivity contribution in [3.8, 4) is 0 Å². The molecular weight excluding hydrogens is 244 g/mol. The van der Waals surface area contributed by atoms with Gasteiger partial charge >= 0.3 is 0 Å². The fourth-order valence-corrected chi connectivity index (χ4v) is 2.95. The summed E-state index contributed by atoms with van der Waals surface area (Å²) in [6.07, 6.45) is 6.27. The summed E-state index contributed by atoms with van der Waals surface area (Å²) < 4.78 is 0. The van der Waals surface area contributed by atoms with Crippen LogP contribution in [0.1, 0.15) is 48.4 Å². The van der Waals surface area contributed by atoms with Crippen LogP contribution < -0.4 is 5.32 Å². The van der Waals surface area contributed by atoms with Gasteiger partial charge in [-0.2, -0.15) is 0 Å². The molecule has 2 nitrogen and oxygen atoms in total. The van der Waals surface area contributed by atoms with Crippen molar-refractivity contribution in [2.24, 2.45) is 0 Å². The second-order valence-corrected chi connectivity index (χ2v) is 5.95. The molecule has 1 N–H and O–H groups in total. The number of aromatic nitrogens is 1. The highest BCUT2D eigenvalue weighted by Gasteiger charge is 2.30. The van der Waals surface area contributed by atoms with Crippen LogP contribution in [0.25, 0.3) is 0 Å². The smallest absolute Gasteiger partial charge is 0.0315 e. The Morgan fingerprint density at radius 1 is 1.15 bits per heavy atom. The second kappa shape index (κ2) is 5.76. The summed E-state index contributed by atoms with van der Waals surface area (Å²) in [6, 6.07) is 14.2. The van der Waals surface area contributed by atoms with Crippen LogP contribution >= 0.6 is 0 Å². The summed E-state index contributed by atoms with van der Waals surface area (Å²) in [4.78, 5) is 4.19. The third kappa shape index (κ3) is 2.91. The van der Waals surface area contributed by atoms with Gasteiger partial charge in [-0.1, -0.05) is 35.9 Å². The average molecular weight is 266 g/mol. The van der Waals surface area contributed by atoms with E-state index in [0.29, 0.717) is 12.1 Å². The third-order valence-electron chi connectivity index (χ3n) is 4.36. The Balaban J connectivity index is 1.52. The molecule has 2 aromatic rings. The molecule has 1 aromatic heterocycles. The predicted molar refractivity (Wildman–Crippen MR) is 82.7 cm³/mol. The Kier molecular flexibility index (Phi) is 3.83. The zero-order chi connectivity index (χ0) is 13.9. The molecule has 0 unspecified atom stereocenters. The first-order valence-electron chi connectivity index (χ1n) is 7.45. The Morgan fingerprint density at radius 3 is 2.55 bits per heavy atom. The number of nitrogens with one attached hydrogen (secondary N) is 1. The Bertz CT molecular complexity index is 541. The minimum absolute atomic E-state index is 0.382. The summed E-state index contributed by atoms with van der Waals surface area (Å²) in [6.45, 7) is 4.36. The molecule has 1 fully saturated rings. The van der Waals surface area contributed by atoms with Crippen LogP contribution in [0.3, 0.4) is 0 Å². The largest absolute Gasteiger partial charge is 0.307 e. The van der Waals surface area contributed by atoms with E-state index in [4.69, 9.17) is 0 Å². The number of pyridine rings is 1. The van der Waals surface area contributed by atoms with Crippen LogP contribution in [-0.2, 0) is 0 Å². The molecule has 0 aliphatic heterocycles. The van der Waals surface area contributed by atoms with Gasteiger partial charge in [-0.05, 0) is 49.8 Å².